The molecule has 0 aromatic heterocycles. The molecule has 3 aromatic carbocycles. The van der Waals surface area contributed by atoms with Gasteiger partial charge in [0.15, 0.2) is 0 Å². The first-order valence-corrected chi connectivity index (χ1v) is 10.6. The van der Waals surface area contributed by atoms with Gasteiger partial charge in [-0.05, 0) is 61.4 Å². The highest BCUT2D eigenvalue weighted by Gasteiger charge is 2.21. The molecule has 34 heavy (non-hydrogen) atoms. The van der Waals surface area contributed by atoms with Crippen LogP contribution in [-0.2, 0) is 9.47 Å². The molecule has 0 saturated carbocycles. The van der Waals surface area contributed by atoms with Gasteiger partial charge in [-0.3, -0.25) is 9.59 Å². The van der Waals surface area contributed by atoms with Crippen molar-refractivity contribution in [3.63, 3.8) is 0 Å². The van der Waals surface area contributed by atoms with Gasteiger partial charge in [-0.2, -0.15) is 0 Å². The van der Waals surface area contributed by atoms with E-state index in [1.807, 2.05) is 6.07 Å². The Morgan fingerprint density at radius 2 is 1.21 bits per heavy atom. The molecule has 0 saturated heterocycles. The number of carbonyl (C=O) groups is 4. The van der Waals surface area contributed by atoms with E-state index in [4.69, 9.17) is 15.2 Å². The summed E-state index contributed by atoms with van der Waals surface area (Å²) in [5.41, 5.74) is 7.24. The van der Waals surface area contributed by atoms with Gasteiger partial charge in [0.2, 0.25) is 5.91 Å². The molecule has 0 bridgehead atoms. The van der Waals surface area contributed by atoms with Crippen molar-refractivity contribution in [1.82, 2.24) is 0 Å². The molecule has 3 aromatic rings. The SMILES string of the molecule is CCOC(=O)c1cc(-c2ccc(C(=O)Nc3ccccc3)c(C(=O)OCC)c2)ccc1C(N)=O. The van der Waals surface area contributed by atoms with Gasteiger partial charge in [0.1, 0.15) is 0 Å². The lowest BCUT2D eigenvalue weighted by Crippen LogP contribution is -2.18. The van der Waals surface area contributed by atoms with Gasteiger partial charge in [0, 0.05) is 5.69 Å². The Labute approximate surface area is 196 Å². The average molecular weight is 460 g/mol. The van der Waals surface area contributed by atoms with Crippen LogP contribution in [0.2, 0.25) is 0 Å². The van der Waals surface area contributed by atoms with Crippen molar-refractivity contribution in [3.8, 4) is 11.1 Å². The Morgan fingerprint density at radius 1 is 0.706 bits per heavy atom. The van der Waals surface area contributed by atoms with Crippen LogP contribution in [0.15, 0.2) is 66.7 Å². The zero-order chi connectivity index (χ0) is 24.7. The van der Waals surface area contributed by atoms with Gasteiger partial charge >= 0.3 is 11.9 Å². The lowest BCUT2D eigenvalue weighted by Gasteiger charge is -2.13. The molecule has 0 aliphatic carbocycles. The van der Waals surface area contributed by atoms with E-state index in [9.17, 15) is 19.2 Å². The Kier molecular flexibility index (Phi) is 7.76. The van der Waals surface area contributed by atoms with E-state index in [1.165, 1.54) is 24.3 Å². The Balaban J connectivity index is 2.06. The number of carbonyl (C=O) groups excluding carboxylic acids is 4. The van der Waals surface area contributed by atoms with Crippen LogP contribution in [0.1, 0.15) is 55.3 Å². The quantitative estimate of drug-likeness (QED) is 0.489. The van der Waals surface area contributed by atoms with E-state index in [2.05, 4.69) is 5.32 Å². The molecule has 0 unspecified atom stereocenters. The maximum Gasteiger partial charge on any atom is 0.338 e. The van der Waals surface area contributed by atoms with Crippen LogP contribution in [0.5, 0.6) is 0 Å². The minimum atomic E-state index is -0.769. The molecule has 0 atom stereocenters. The standard InChI is InChI=1S/C26H24N2O6/c1-3-33-25(31)21-14-16(10-12-19(21)23(27)29)17-11-13-20(22(15-17)26(32)34-4-2)24(30)28-18-8-6-5-7-9-18/h5-15H,3-4H2,1-2H3,(H2,27,29)(H,28,30). The van der Waals surface area contributed by atoms with E-state index in [0.717, 1.165) is 0 Å². The zero-order valence-electron chi connectivity index (χ0n) is 18.8. The zero-order valence-corrected chi connectivity index (χ0v) is 18.8. The summed E-state index contributed by atoms with van der Waals surface area (Å²) in [6.45, 7) is 3.57. The topological polar surface area (TPSA) is 125 Å². The van der Waals surface area contributed by atoms with Crippen molar-refractivity contribution < 1.29 is 28.7 Å². The number of para-hydroxylation sites is 1. The molecular weight excluding hydrogens is 436 g/mol. The monoisotopic (exact) mass is 460 g/mol. The molecule has 8 nitrogen and oxygen atoms in total. The third-order valence-electron chi connectivity index (χ3n) is 4.90. The number of primary amides is 1. The molecular formula is C26H24N2O6. The summed E-state index contributed by atoms with van der Waals surface area (Å²) >= 11 is 0. The second kappa shape index (κ2) is 10.9. The molecule has 2 amide bonds. The van der Waals surface area contributed by atoms with E-state index in [0.29, 0.717) is 16.8 Å². The number of amides is 2. The molecule has 3 rings (SSSR count). The number of benzene rings is 3. The van der Waals surface area contributed by atoms with Crippen LogP contribution in [0.4, 0.5) is 5.69 Å². The third-order valence-corrected chi connectivity index (χ3v) is 4.90. The van der Waals surface area contributed by atoms with E-state index in [1.54, 1.807) is 50.2 Å². The number of nitrogens with one attached hydrogen (secondary N) is 1. The summed E-state index contributed by atoms with van der Waals surface area (Å²) in [5, 5.41) is 2.75. The molecule has 0 spiro atoms. The van der Waals surface area contributed by atoms with Crippen molar-refractivity contribution in [1.29, 1.82) is 0 Å². The maximum absolute atomic E-state index is 12.9. The second-order valence-corrected chi connectivity index (χ2v) is 7.15. The van der Waals surface area contributed by atoms with Crippen LogP contribution in [-0.4, -0.2) is 37.0 Å². The van der Waals surface area contributed by atoms with E-state index in [-0.39, 0.29) is 35.5 Å². The molecule has 174 valence electrons. The summed E-state index contributed by atoms with van der Waals surface area (Å²) in [4.78, 5) is 49.7. The predicted octanol–water partition coefficient (Wildman–Crippen LogP) is 4.06. The Bertz CT molecular complexity index is 1240. The van der Waals surface area contributed by atoms with Gasteiger partial charge in [0.25, 0.3) is 5.91 Å². The summed E-state index contributed by atoms with van der Waals surface area (Å²) < 4.78 is 10.2. The summed E-state index contributed by atoms with van der Waals surface area (Å²) in [6, 6.07) is 18.0. The number of nitrogens with two attached hydrogens (primary N) is 1. The van der Waals surface area contributed by atoms with Crippen molar-refractivity contribution in [2.75, 3.05) is 18.5 Å². The Morgan fingerprint density at radius 3 is 1.71 bits per heavy atom. The number of ether oxygens (including phenoxy) is 2. The number of hydrogen-bond donors (Lipinski definition) is 2. The fourth-order valence-corrected chi connectivity index (χ4v) is 3.34. The maximum atomic E-state index is 12.9. The first-order chi connectivity index (χ1) is 16.3. The number of anilines is 1. The highest BCUT2D eigenvalue weighted by Crippen LogP contribution is 2.27. The molecule has 0 radical (unpaired) electrons. The smallest absolute Gasteiger partial charge is 0.338 e. The van der Waals surface area contributed by atoms with Crippen molar-refractivity contribution in [2.24, 2.45) is 5.73 Å². The molecule has 0 heterocycles. The predicted molar refractivity (Wildman–Crippen MR) is 127 cm³/mol. The molecule has 0 aliphatic heterocycles. The van der Waals surface area contributed by atoms with Crippen molar-refractivity contribution in [2.45, 2.75) is 13.8 Å². The molecule has 3 N–H and O–H groups in total. The van der Waals surface area contributed by atoms with Crippen LogP contribution in [0.3, 0.4) is 0 Å². The average Bonchev–Trinajstić information content (AvgIpc) is 2.84. The summed E-state index contributed by atoms with van der Waals surface area (Å²) in [6.07, 6.45) is 0. The number of esters is 2. The Hall–Kier alpha value is -4.46. The van der Waals surface area contributed by atoms with Gasteiger partial charge < -0.3 is 20.5 Å². The van der Waals surface area contributed by atoms with Gasteiger partial charge in [-0.25, -0.2) is 9.59 Å². The minimum Gasteiger partial charge on any atom is -0.462 e. The fourth-order valence-electron chi connectivity index (χ4n) is 3.34. The van der Waals surface area contributed by atoms with E-state index >= 15 is 0 Å². The lowest BCUT2D eigenvalue weighted by molar-refractivity contribution is 0.0514. The van der Waals surface area contributed by atoms with Crippen LogP contribution in [0, 0.1) is 0 Å². The molecule has 8 heteroatoms. The number of rotatable bonds is 8. The lowest BCUT2D eigenvalue weighted by atomic mass is 9.95. The third kappa shape index (κ3) is 5.47. The van der Waals surface area contributed by atoms with Gasteiger partial charge in [-0.1, -0.05) is 30.3 Å². The highest BCUT2D eigenvalue weighted by molar-refractivity contribution is 6.12. The summed E-state index contributed by atoms with van der Waals surface area (Å²) in [5.74, 6) is -2.60. The van der Waals surface area contributed by atoms with Crippen LogP contribution < -0.4 is 11.1 Å². The normalized spacial score (nSPS) is 10.3. The fraction of sp³-hybridized carbons (Fsp3) is 0.154. The van der Waals surface area contributed by atoms with Crippen molar-refractivity contribution >= 4 is 29.4 Å². The van der Waals surface area contributed by atoms with Gasteiger partial charge in [-0.15, -0.1) is 0 Å². The van der Waals surface area contributed by atoms with Crippen LogP contribution in [0.25, 0.3) is 11.1 Å². The molecule has 0 fully saturated rings. The summed E-state index contributed by atoms with van der Waals surface area (Å²) in [7, 11) is 0. The van der Waals surface area contributed by atoms with E-state index < -0.39 is 23.8 Å². The highest BCUT2D eigenvalue weighted by atomic mass is 16.5. The minimum absolute atomic E-state index is 0.00966. The largest absolute Gasteiger partial charge is 0.462 e. The number of hydrogen-bond acceptors (Lipinski definition) is 6. The van der Waals surface area contributed by atoms with Gasteiger partial charge in [0.05, 0.1) is 35.5 Å². The van der Waals surface area contributed by atoms with Crippen molar-refractivity contribution in [3.05, 3.63) is 89.0 Å². The first-order valence-electron chi connectivity index (χ1n) is 10.6. The second-order valence-electron chi connectivity index (χ2n) is 7.15. The van der Waals surface area contributed by atoms with Crippen LogP contribution >= 0.6 is 0 Å². The molecule has 0 aliphatic rings. The first kappa shape index (κ1) is 24.2.